The molecule has 7 nitrogen and oxygen atoms in total. The summed E-state index contributed by atoms with van der Waals surface area (Å²) in [6.07, 6.45) is 0. The Labute approximate surface area is 169 Å². The van der Waals surface area contributed by atoms with Gasteiger partial charge in [-0.3, -0.25) is 15.0 Å². The zero-order valence-corrected chi connectivity index (χ0v) is 16.3. The van der Waals surface area contributed by atoms with Crippen LogP contribution in [-0.2, 0) is 4.79 Å². The maximum Gasteiger partial charge on any atom is 0.240 e. The van der Waals surface area contributed by atoms with Gasteiger partial charge in [-0.15, -0.1) is 0 Å². The molecule has 2 heterocycles. The van der Waals surface area contributed by atoms with Crippen LogP contribution in [-0.4, -0.2) is 53.8 Å². The van der Waals surface area contributed by atoms with Crippen LogP contribution in [0.4, 0.5) is 11.6 Å². The molecule has 29 heavy (non-hydrogen) atoms. The second-order valence-corrected chi connectivity index (χ2v) is 7.24. The lowest BCUT2D eigenvalue weighted by molar-refractivity contribution is -0.117. The molecule has 0 radical (unpaired) electrons. The zero-order chi connectivity index (χ0) is 20.2. The predicted octanol–water partition coefficient (Wildman–Crippen LogP) is 3.12. The molecule has 0 unspecified atom stereocenters. The average molecular weight is 392 g/mol. The molecule has 2 N–H and O–H groups in total. The average Bonchev–Trinajstić information content (AvgIpc) is 3.18. The smallest absolute Gasteiger partial charge is 0.240 e. The Balaban J connectivity index is 1.29. The topological polar surface area (TPSA) is 81.8 Å². The van der Waals surface area contributed by atoms with Gasteiger partial charge in [0.15, 0.2) is 0 Å². The summed E-state index contributed by atoms with van der Waals surface area (Å²) in [6, 6.07) is 17.0. The number of amides is 1. The van der Waals surface area contributed by atoms with Crippen molar-refractivity contribution in [1.82, 2.24) is 10.1 Å². The molecule has 0 atom stereocenters. The van der Waals surface area contributed by atoms with Gasteiger partial charge >= 0.3 is 0 Å². The Morgan fingerprint density at radius 2 is 1.83 bits per heavy atom. The number of aromatic nitrogens is 1. The minimum absolute atomic E-state index is 0.132. The summed E-state index contributed by atoms with van der Waals surface area (Å²) in [7, 11) is 0. The summed E-state index contributed by atoms with van der Waals surface area (Å²) in [5, 5.41) is 16.8. The normalized spacial score (nSPS) is 14.7. The second-order valence-electron chi connectivity index (χ2n) is 7.24. The second kappa shape index (κ2) is 8.36. The van der Waals surface area contributed by atoms with E-state index in [0.717, 1.165) is 37.4 Å². The summed E-state index contributed by atoms with van der Waals surface area (Å²) >= 11 is 0. The van der Waals surface area contributed by atoms with Crippen molar-refractivity contribution in [3.63, 3.8) is 0 Å². The van der Waals surface area contributed by atoms with E-state index in [-0.39, 0.29) is 18.2 Å². The first-order chi connectivity index (χ1) is 14.1. The Bertz CT molecular complexity index is 976. The fourth-order valence-corrected chi connectivity index (χ4v) is 3.45. The van der Waals surface area contributed by atoms with Crippen molar-refractivity contribution in [2.24, 2.45) is 0 Å². The summed E-state index contributed by atoms with van der Waals surface area (Å²) in [6.45, 7) is 5.31. The fraction of sp³-hybridized carbons (Fsp3) is 0.273. The van der Waals surface area contributed by atoms with Crippen LogP contribution in [0, 0.1) is 6.92 Å². The number of aryl methyl sites for hydroxylation is 1. The first-order valence-corrected chi connectivity index (χ1v) is 9.67. The molecular weight excluding hydrogens is 368 g/mol. The fourth-order valence-electron chi connectivity index (χ4n) is 3.45. The Kier molecular flexibility index (Phi) is 5.48. The van der Waals surface area contributed by atoms with E-state index in [0.29, 0.717) is 11.6 Å². The van der Waals surface area contributed by atoms with Crippen LogP contribution in [0.25, 0.3) is 11.3 Å². The van der Waals surface area contributed by atoms with Crippen LogP contribution in [0.1, 0.15) is 5.56 Å². The maximum atomic E-state index is 12.4. The van der Waals surface area contributed by atoms with Gasteiger partial charge in [0.1, 0.15) is 11.4 Å². The number of phenols is 1. The molecule has 1 aliphatic heterocycles. The minimum atomic E-state index is -0.132. The van der Waals surface area contributed by atoms with Gasteiger partial charge in [-0.05, 0) is 19.1 Å². The van der Waals surface area contributed by atoms with E-state index in [2.05, 4.69) is 20.3 Å². The van der Waals surface area contributed by atoms with Gasteiger partial charge in [0, 0.05) is 37.8 Å². The van der Waals surface area contributed by atoms with E-state index in [1.165, 1.54) is 5.56 Å². The lowest BCUT2D eigenvalue weighted by Crippen LogP contribution is -2.48. The molecule has 0 spiro atoms. The van der Waals surface area contributed by atoms with Gasteiger partial charge in [-0.25, -0.2) is 0 Å². The largest absolute Gasteiger partial charge is 0.506 e. The highest BCUT2D eigenvalue weighted by atomic mass is 16.5. The highest BCUT2D eigenvalue weighted by Gasteiger charge is 2.21. The third-order valence-corrected chi connectivity index (χ3v) is 5.08. The predicted molar refractivity (Wildman–Crippen MR) is 112 cm³/mol. The molecule has 4 rings (SSSR count). The first kappa shape index (κ1) is 19.0. The summed E-state index contributed by atoms with van der Waals surface area (Å²) < 4.78 is 5.26. The van der Waals surface area contributed by atoms with E-state index < -0.39 is 0 Å². The molecule has 1 amide bonds. The lowest BCUT2D eigenvalue weighted by atomic mass is 10.1. The maximum absolute atomic E-state index is 12.4. The minimum Gasteiger partial charge on any atom is -0.506 e. The van der Waals surface area contributed by atoms with E-state index in [9.17, 15) is 9.90 Å². The molecule has 0 aliphatic carbocycles. The van der Waals surface area contributed by atoms with Crippen molar-refractivity contribution in [1.29, 1.82) is 0 Å². The molecule has 7 heteroatoms. The van der Waals surface area contributed by atoms with Crippen LogP contribution in [0.3, 0.4) is 0 Å². The van der Waals surface area contributed by atoms with Crippen LogP contribution >= 0.6 is 0 Å². The molecule has 1 saturated heterocycles. The number of anilines is 2. The number of para-hydroxylation sites is 2. The van der Waals surface area contributed by atoms with Crippen molar-refractivity contribution in [3.8, 4) is 17.0 Å². The Hall–Kier alpha value is -3.32. The number of piperazine rings is 1. The molecular formula is C22H24N4O3. The van der Waals surface area contributed by atoms with Gasteiger partial charge in [0.05, 0.1) is 12.2 Å². The highest BCUT2D eigenvalue weighted by Crippen LogP contribution is 2.27. The Morgan fingerprint density at radius 3 is 2.55 bits per heavy atom. The molecule has 3 aromatic rings. The van der Waals surface area contributed by atoms with Crippen LogP contribution < -0.4 is 10.2 Å². The van der Waals surface area contributed by atoms with Crippen molar-refractivity contribution in [2.75, 3.05) is 42.9 Å². The quantitative estimate of drug-likeness (QED) is 0.694. The highest BCUT2D eigenvalue weighted by molar-refractivity contribution is 5.91. The molecule has 0 saturated carbocycles. The molecule has 0 bridgehead atoms. The number of phenolic OH excluding ortho intramolecular Hbond substituents is 1. The summed E-state index contributed by atoms with van der Waals surface area (Å²) in [4.78, 5) is 16.6. The lowest BCUT2D eigenvalue weighted by Gasteiger charge is -2.35. The van der Waals surface area contributed by atoms with Gasteiger partial charge in [-0.2, -0.15) is 0 Å². The van der Waals surface area contributed by atoms with Gasteiger partial charge in [-0.1, -0.05) is 47.1 Å². The molecule has 1 fully saturated rings. The van der Waals surface area contributed by atoms with Gasteiger partial charge in [0.25, 0.3) is 0 Å². The van der Waals surface area contributed by atoms with E-state index in [4.69, 9.17) is 4.52 Å². The van der Waals surface area contributed by atoms with Crippen LogP contribution in [0.15, 0.2) is 59.1 Å². The number of carbonyl (C=O) groups is 1. The first-order valence-electron chi connectivity index (χ1n) is 9.67. The Morgan fingerprint density at radius 1 is 1.10 bits per heavy atom. The zero-order valence-electron chi connectivity index (χ0n) is 16.3. The molecule has 1 aromatic heterocycles. The number of nitrogens with one attached hydrogen (secondary N) is 1. The van der Waals surface area contributed by atoms with Crippen LogP contribution in [0.2, 0.25) is 0 Å². The number of carbonyl (C=O) groups excluding carboxylic acids is 1. The number of hydrogen-bond donors (Lipinski definition) is 2. The molecule has 1 aliphatic rings. The molecule has 150 valence electrons. The number of hydrogen-bond acceptors (Lipinski definition) is 6. The van der Waals surface area contributed by atoms with Gasteiger partial charge in [0.2, 0.25) is 11.8 Å². The summed E-state index contributed by atoms with van der Waals surface area (Å²) in [5.74, 6) is 0.499. The van der Waals surface area contributed by atoms with E-state index >= 15 is 0 Å². The number of nitrogens with zero attached hydrogens (tertiary/aromatic N) is 3. The number of aromatic hydroxyl groups is 1. The van der Waals surface area contributed by atoms with E-state index in [1.54, 1.807) is 12.1 Å². The standard InChI is InChI=1S/C22H24N4O3/c1-16-6-8-17(9-7-16)18-14-22(29-24-18)23-21(28)15-25-10-12-26(13-11-25)19-4-2-3-5-20(19)27/h2-9,14,27H,10-13,15H2,1H3,(H,23,28). The van der Waals surface area contributed by atoms with Crippen molar-refractivity contribution < 1.29 is 14.4 Å². The third kappa shape index (κ3) is 4.57. The van der Waals surface area contributed by atoms with Crippen molar-refractivity contribution in [3.05, 3.63) is 60.2 Å². The van der Waals surface area contributed by atoms with Crippen molar-refractivity contribution in [2.45, 2.75) is 6.92 Å². The third-order valence-electron chi connectivity index (χ3n) is 5.08. The number of rotatable bonds is 5. The molecule has 2 aromatic carbocycles. The SMILES string of the molecule is Cc1ccc(-c2cc(NC(=O)CN3CCN(c4ccccc4O)CC3)on2)cc1. The van der Waals surface area contributed by atoms with Crippen molar-refractivity contribution >= 4 is 17.5 Å². The van der Waals surface area contributed by atoms with Crippen LogP contribution in [0.5, 0.6) is 5.75 Å². The number of benzene rings is 2. The van der Waals surface area contributed by atoms with Gasteiger partial charge < -0.3 is 14.5 Å². The summed E-state index contributed by atoms with van der Waals surface area (Å²) in [5.41, 5.74) is 3.65. The monoisotopic (exact) mass is 392 g/mol. The van der Waals surface area contributed by atoms with E-state index in [1.807, 2.05) is 49.4 Å².